The van der Waals surface area contributed by atoms with E-state index in [-0.39, 0.29) is 18.2 Å². The van der Waals surface area contributed by atoms with E-state index in [2.05, 4.69) is 31.0 Å². The first-order valence-electron chi connectivity index (χ1n) is 10.8. The molecule has 5 aromatic rings. The lowest BCUT2D eigenvalue weighted by atomic mass is 10.1. The van der Waals surface area contributed by atoms with Gasteiger partial charge in [0.1, 0.15) is 0 Å². The predicted octanol–water partition coefficient (Wildman–Crippen LogP) is 6.30. The molecule has 0 saturated heterocycles. The van der Waals surface area contributed by atoms with Gasteiger partial charge >= 0.3 is 0 Å². The number of fused-ring (bicyclic) bond motifs is 2. The van der Waals surface area contributed by atoms with Gasteiger partial charge in [-0.25, -0.2) is 4.98 Å². The Hall–Kier alpha value is -3.71. The summed E-state index contributed by atoms with van der Waals surface area (Å²) in [5.74, 6) is 0.587. The number of nitrogens with zero attached hydrogens (tertiary/aromatic N) is 3. The summed E-state index contributed by atoms with van der Waals surface area (Å²) in [6.07, 6.45) is 1.72. The predicted molar refractivity (Wildman–Crippen MR) is 131 cm³/mol. The van der Waals surface area contributed by atoms with Crippen LogP contribution in [0.15, 0.2) is 65.2 Å². The lowest BCUT2D eigenvalue weighted by Gasteiger charge is -2.18. The van der Waals surface area contributed by atoms with Crippen molar-refractivity contribution in [3.05, 3.63) is 83.4 Å². The molecule has 0 aliphatic rings. The molecule has 0 radical (unpaired) electrons. The maximum atomic E-state index is 13.7. The Balaban J connectivity index is 1.60. The zero-order valence-electron chi connectivity index (χ0n) is 18.7. The summed E-state index contributed by atoms with van der Waals surface area (Å²) >= 11 is 1.49. The van der Waals surface area contributed by atoms with Crippen molar-refractivity contribution in [1.29, 1.82) is 0 Å². The van der Waals surface area contributed by atoms with Crippen molar-refractivity contribution >= 4 is 43.6 Å². The fourth-order valence-corrected chi connectivity index (χ4v) is 4.78. The topological polar surface area (TPSA) is 68.5 Å². The standard InChI is InChI=1S/C26H23N3O3S/c1-4-31-20-10-7-8-18-14-21(32-24(18)20)25(30)29(15-19-9-5-6-13-27-19)26-28-23-17(3)16(2)11-12-22(23)33-26/h5-14H,4,15H2,1-3H3. The van der Waals surface area contributed by atoms with E-state index in [9.17, 15) is 4.79 Å². The van der Waals surface area contributed by atoms with Gasteiger partial charge in [-0.05, 0) is 62.2 Å². The molecule has 0 N–H and O–H groups in total. The van der Waals surface area contributed by atoms with Crippen LogP contribution in [0.4, 0.5) is 5.13 Å². The van der Waals surface area contributed by atoms with E-state index in [1.807, 2.05) is 43.3 Å². The summed E-state index contributed by atoms with van der Waals surface area (Å²) in [5, 5.41) is 1.43. The first-order valence-corrected chi connectivity index (χ1v) is 11.6. The fourth-order valence-electron chi connectivity index (χ4n) is 3.75. The van der Waals surface area contributed by atoms with E-state index in [0.717, 1.165) is 26.9 Å². The fraction of sp³-hybridized carbons (Fsp3) is 0.192. The summed E-state index contributed by atoms with van der Waals surface area (Å²) < 4.78 is 12.7. The molecular weight excluding hydrogens is 434 g/mol. The molecule has 166 valence electrons. The highest BCUT2D eigenvalue weighted by Gasteiger charge is 2.26. The van der Waals surface area contributed by atoms with E-state index >= 15 is 0 Å². The van der Waals surface area contributed by atoms with Gasteiger partial charge in [0.25, 0.3) is 5.91 Å². The van der Waals surface area contributed by atoms with E-state index in [4.69, 9.17) is 14.1 Å². The summed E-state index contributed by atoms with van der Waals surface area (Å²) in [7, 11) is 0. The highest BCUT2D eigenvalue weighted by atomic mass is 32.1. The number of pyridine rings is 1. The third-order valence-electron chi connectivity index (χ3n) is 5.61. The van der Waals surface area contributed by atoms with Crippen LogP contribution in [0, 0.1) is 13.8 Å². The van der Waals surface area contributed by atoms with Crippen LogP contribution in [0.5, 0.6) is 5.75 Å². The molecule has 0 bridgehead atoms. The van der Waals surface area contributed by atoms with Gasteiger partial charge in [-0.15, -0.1) is 0 Å². The number of carbonyl (C=O) groups excluding carboxylic acids is 1. The van der Waals surface area contributed by atoms with Gasteiger partial charge in [0.05, 0.1) is 29.1 Å². The normalized spacial score (nSPS) is 11.2. The van der Waals surface area contributed by atoms with Gasteiger partial charge in [-0.3, -0.25) is 14.7 Å². The maximum Gasteiger partial charge on any atom is 0.296 e. The minimum Gasteiger partial charge on any atom is -0.490 e. The molecule has 0 aliphatic heterocycles. The molecule has 2 aromatic carbocycles. The van der Waals surface area contributed by atoms with Crippen molar-refractivity contribution in [2.24, 2.45) is 0 Å². The summed E-state index contributed by atoms with van der Waals surface area (Å²) in [6.45, 7) is 6.83. The largest absolute Gasteiger partial charge is 0.490 e. The van der Waals surface area contributed by atoms with Crippen molar-refractivity contribution in [3.63, 3.8) is 0 Å². The molecule has 6 nitrogen and oxygen atoms in total. The number of para-hydroxylation sites is 1. The average molecular weight is 458 g/mol. The second-order valence-electron chi connectivity index (χ2n) is 7.78. The molecule has 3 heterocycles. The molecule has 0 atom stereocenters. The van der Waals surface area contributed by atoms with Gasteiger partial charge in [-0.2, -0.15) is 0 Å². The molecule has 3 aromatic heterocycles. The summed E-state index contributed by atoms with van der Waals surface area (Å²) in [4.78, 5) is 24.7. The lowest BCUT2D eigenvalue weighted by molar-refractivity contribution is 0.0960. The minimum absolute atomic E-state index is 0.236. The van der Waals surface area contributed by atoms with Crippen LogP contribution in [-0.2, 0) is 6.54 Å². The number of aromatic nitrogens is 2. The van der Waals surface area contributed by atoms with Crippen molar-refractivity contribution in [3.8, 4) is 5.75 Å². The van der Waals surface area contributed by atoms with Gasteiger partial charge in [-0.1, -0.05) is 35.6 Å². The second kappa shape index (κ2) is 8.67. The van der Waals surface area contributed by atoms with Gasteiger partial charge in [0, 0.05) is 11.6 Å². The Morgan fingerprint density at radius 1 is 1.12 bits per heavy atom. The van der Waals surface area contributed by atoms with Crippen molar-refractivity contribution < 1.29 is 13.9 Å². The van der Waals surface area contributed by atoms with E-state index in [1.54, 1.807) is 17.2 Å². The third kappa shape index (κ3) is 3.96. The Labute approximate surface area is 195 Å². The number of ether oxygens (including phenoxy) is 1. The van der Waals surface area contributed by atoms with Crippen LogP contribution in [-0.4, -0.2) is 22.5 Å². The molecule has 5 rings (SSSR count). The number of anilines is 1. The second-order valence-corrected chi connectivity index (χ2v) is 8.79. The Morgan fingerprint density at radius 2 is 2.00 bits per heavy atom. The Kier molecular flexibility index (Phi) is 5.56. The van der Waals surface area contributed by atoms with E-state index < -0.39 is 0 Å². The van der Waals surface area contributed by atoms with E-state index in [0.29, 0.717) is 23.1 Å². The first-order chi connectivity index (χ1) is 16.0. The number of hydrogen-bond donors (Lipinski definition) is 0. The highest BCUT2D eigenvalue weighted by Crippen LogP contribution is 2.35. The smallest absolute Gasteiger partial charge is 0.296 e. The van der Waals surface area contributed by atoms with Gasteiger partial charge in [0.15, 0.2) is 22.2 Å². The number of aryl methyl sites for hydroxylation is 2. The zero-order chi connectivity index (χ0) is 22.9. The minimum atomic E-state index is -0.271. The van der Waals surface area contributed by atoms with Crippen molar-refractivity contribution in [2.45, 2.75) is 27.3 Å². The third-order valence-corrected chi connectivity index (χ3v) is 6.66. The van der Waals surface area contributed by atoms with Crippen LogP contribution in [0.25, 0.3) is 21.2 Å². The number of amides is 1. The SMILES string of the molecule is CCOc1cccc2cc(C(=O)N(Cc3ccccn3)c3nc4c(C)c(C)ccc4s3)oc12. The summed E-state index contributed by atoms with van der Waals surface area (Å²) in [6, 6.07) is 17.2. The summed E-state index contributed by atoms with van der Waals surface area (Å²) in [5.41, 5.74) is 4.53. The molecule has 7 heteroatoms. The Morgan fingerprint density at radius 3 is 2.79 bits per heavy atom. The van der Waals surface area contributed by atoms with Crippen molar-refractivity contribution in [2.75, 3.05) is 11.5 Å². The molecule has 0 aliphatic carbocycles. The molecule has 0 spiro atoms. The lowest BCUT2D eigenvalue weighted by Crippen LogP contribution is -2.30. The molecule has 0 fully saturated rings. The number of thiazole rings is 1. The highest BCUT2D eigenvalue weighted by molar-refractivity contribution is 7.22. The van der Waals surface area contributed by atoms with Crippen LogP contribution >= 0.6 is 11.3 Å². The monoisotopic (exact) mass is 457 g/mol. The molecular formula is C26H23N3O3S. The van der Waals surface area contributed by atoms with Crippen molar-refractivity contribution in [1.82, 2.24) is 9.97 Å². The quantitative estimate of drug-likeness (QED) is 0.299. The number of carbonyl (C=O) groups is 1. The number of benzene rings is 2. The van der Waals surface area contributed by atoms with Gasteiger partial charge in [0.2, 0.25) is 0 Å². The van der Waals surface area contributed by atoms with Crippen LogP contribution in [0.2, 0.25) is 0 Å². The Bertz CT molecular complexity index is 1460. The molecule has 0 unspecified atom stereocenters. The van der Waals surface area contributed by atoms with E-state index in [1.165, 1.54) is 16.9 Å². The molecule has 0 saturated carbocycles. The maximum absolute atomic E-state index is 13.7. The number of hydrogen-bond acceptors (Lipinski definition) is 6. The number of rotatable bonds is 6. The molecule has 1 amide bonds. The zero-order valence-corrected chi connectivity index (χ0v) is 19.5. The number of furan rings is 1. The molecule has 33 heavy (non-hydrogen) atoms. The van der Waals surface area contributed by atoms with Crippen LogP contribution in [0.3, 0.4) is 0 Å². The van der Waals surface area contributed by atoms with Gasteiger partial charge < -0.3 is 9.15 Å². The average Bonchev–Trinajstić information content (AvgIpc) is 3.46. The van der Waals surface area contributed by atoms with Crippen LogP contribution < -0.4 is 9.64 Å². The van der Waals surface area contributed by atoms with Crippen LogP contribution in [0.1, 0.15) is 34.3 Å². The first kappa shape index (κ1) is 21.2.